The molecule has 4 heteroatoms. The second-order valence-electron chi connectivity index (χ2n) is 4.66. The fourth-order valence-corrected chi connectivity index (χ4v) is 2.28. The number of nitriles is 1. The van der Waals surface area contributed by atoms with Crippen LogP contribution in [0.3, 0.4) is 0 Å². The number of aliphatic hydroxyl groups excluding tert-OH is 1. The Hall–Kier alpha value is -3.32. The number of nitrogens with zero attached hydrogens (tertiary/aromatic N) is 1. The van der Waals surface area contributed by atoms with E-state index in [1.54, 1.807) is 48.5 Å². The number of rotatable bonds is 2. The van der Waals surface area contributed by atoms with Crippen molar-refractivity contribution in [2.75, 3.05) is 0 Å². The number of cyclic esters (lactones) is 1. The molecule has 3 rings (SSSR count). The fourth-order valence-electron chi connectivity index (χ4n) is 2.28. The van der Waals surface area contributed by atoms with Gasteiger partial charge in [0.05, 0.1) is 0 Å². The minimum atomic E-state index is -0.664. The minimum absolute atomic E-state index is 0.0688. The molecule has 0 aromatic heterocycles. The number of aliphatic hydroxyl groups is 1. The lowest BCUT2D eigenvalue weighted by atomic mass is 10.0. The maximum absolute atomic E-state index is 12.1. The molecule has 2 aromatic carbocycles. The van der Waals surface area contributed by atoms with E-state index in [0.29, 0.717) is 11.1 Å². The molecule has 1 heterocycles. The first-order chi connectivity index (χ1) is 10.7. The first kappa shape index (κ1) is 13.7. The lowest BCUT2D eigenvalue weighted by Gasteiger charge is -2.03. The number of allylic oxidation sites excluding steroid dienone is 1. The predicted octanol–water partition coefficient (Wildman–Crippen LogP) is 3.45. The molecule has 1 N–H and O–H groups in total. The van der Waals surface area contributed by atoms with Crippen molar-refractivity contribution in [2.24, 2.45) is 0 Å². The van der Waals surface area contributed by atoms with Crippen LogP contribution in [0.1, 0.15) is 11.1 Å². The van der Waals surface area contributed by atoms with Gasteiger partial charge in [-0.05, 0) is 11.1 Å². The molecule has 1 aliphatic rings. The van der Waals surface area contributed by atoms with Crippen LogP contribution in [-0.2, 0) is 9.53 Å². The molecule has 22 heavy (non-hydrogen) atoms. The highest BCUT2D eigenvalue weighted by Crippen LogP contribution is 2.35. The third-order valence-corrected chi connectivity index (χ3v) is 3.31. The highest BCUT2D eigenvalue weighted by molar-refractivity contribution is 6.21. The second kappa shape index (κ2) is 5.58. The summed E-state index contributed by atoms with van der Waals surface area (Å²) in [6, 6.07) is 19.5. The van der Waals surface area contributed by atoms with Gasteiger partial charge in [0.15, 0.2) is 11.5 Å². The summed E-state index contributed by atoms with van der Waals surface area (Å²) in [5.74, 6) is -1.07. The number of esters is 1. The zero-order chi connectivity index (χ0) is 15.5. The normalized spacial score (nSPS) is 16.2. The van der Waals surface area contributed by atoms with Crippen LogP contribution in [0.5, 0.6) is 0 Å². The van der Waals surface area contributed by atoms with Crippen molar-refractivity contribution in [3.8, 4) is 6.07 Å². The van der Waals surface area contributed by atoms with E-state index in [1.165, 1.54) is 0 Å². The highest BCUT2D eigenvalue weighted by Gasteiger charge is 2.33. The van der Waals surface area contributed by atoms with Crippen molar-refractivity contribution in [3.05, 3.63) is 83.3 Å². The zero-order valence-electron chi connectivity index (χ0n) is 11.5. The lowest BCUT2D eigenvalue weighted by Crippen LogP contribution is -1.98. The first-order valence-corrected chi connectivity index (χ1v) is 6.63. The molecule has 1 aliphatic heterocycles. The standard InChI is InChI=1S/C18H11NO3/c19-11-14(12-7-3-1-4-8-12)17-16(20)15(18(21)22-17)13-9-5-2-6-10-13/h1-10,20H/b17-14-. The number of ether oxygens (including phenoxy) is 1. The van der Waals surface area contributed by atoms with Gasteiger partial charge in [0.25, 0.3) is 0 Å². The minimum Gasteiger partial charge on any atom is -0.504 e. The van der Waals surface area contributed by atoms with Crippen molar-refractivity contribution in [1.29, 1.82) is 5.26 Å². The Bertz CT molecular complexity index is 828. The fraction of sp³-hybridized carbons (Fsp3) is 0. The molecule has 2 aromatic rings. The summed E-state index contributed by atoms with van der Waals surface area (Å²) in [5.41, 5.74) is 1.32. The Kier molecular flexibility index (Phi) is 3.47. The predicted molar refractivity (Wildman–Crippen MR) is 81.1 cm³/mol. The van der Waals surface area contributed by atoms with Gasteiger partial charge in [-0.1, -0.05) is 60.7 Å². The molecule has 0 saturated carbocycles. The van der Waals surface area contributed by atoms with Crippen LogP contribution in [0, 0.1) is 11.3 Å². The van der Waals surface area contributed by atoms with Crippen LogP contribution in [0.15, 0.2) is 72.2 Å². The second-order valence-corrected chi connectivity index (χ2v) is 4.66. The van der Waals surface area contributed by atoms with Crippen LogP contribution >= 0.6 is 0 Å². The van der Waals surface area contributed by atoms with E-state index < -0.39 is 5.97 Å². The molecule has 0 amide bonds. The molecule has 4 nitrogen and oxygen atoms in total. The van der Waals surface area contributed by atoms with E-state index in [9.17, 15) is 15.2 Å². The average molecular weight is 289 g/mol. The molecular formula is C18H11NO3. The van der Waals surface area contributed by atoms with Gasteiger partial charge in [-0.2, -0.15) is 5.26 Å². The van der Waals surface area contributed by atoms with Crippen molar-refractivity contribution >= 4 is 17.1 Å². The molecule has 0 unspecified atom stereocenters. The number of hydrogen-bond acceptors (Lipinski definition) is 4. The van der Waals surface area contributed by atoms with Crippen molar-refractivity contribution in [3.63, 3.8) is 0 Å². The molecule has 0 radical (unpaired) electrons. The van der Waals surface area contributed by atoms with Crippen molar-refractivity contribution in [2.45, 2.75) is 0 Å². The lowest BCUT2D eigenvalue weighted by molar-refractivity contribution is -0.131. The molecule has 0 bridgehead atoms. The van der Waals surface area contributed by atoms with E-state index in [1.807, 2.05) is 18.2 Å². The van der Waals surface area contributed by atoms with Gasteiger partial charge < -0.3 is 9.84 Å². The Morgan fingerprint density at radius 2 is 1.59 bits per heavy atom. The summed E-state index contributed by atoms with van der Waals surface area (Å²) in [4.78, 5) is 12.1. The van der Waals surface area contributed by atoms with Crippen molar-refractivity contribution < 1.29 is 14.6 Å². The highest BCUT2D eigenvalue weighted by atomic mass is 16.6. The van der Waals surface area contributed by atoms with Crippen molar-refractivity contribution in [1.82, 2.24) is 0 Å². The molecule has 106 valence electrons. The van der Waals surface area contributed by atoms with Gasteiger partial charge in [-0.25, -0.2) is 4.79 Å². The number of hydrogen-bond donors (Lipinski definition) is 1. The van der Waals surface area contributed by atoms with E-state index in [0.717, 1.165) is 0 Å². The van der Waals surface area contributed by atoms with Crippen LogP contribution in [-0.4, -0.2) is 11.1 Å². The quantitative estimate of drug-likeness (QED) is 0.679. The summed E-state index contributed by atoms with van der Waals surface area (Å²) < 4.78 is 5.14. The summed E-state index contributed by atoms with van der Waals surface area (Å²) in [6.45, 7) is 0. The van der Waals surface area contributed by atoms with E-state index in [2.05, 4.69) is 0 Å². The van der Waals surface area contributed by atoms with Gasteiger partial charge in [0, 0.05) is 0 Å². The van der Waals surface area contributed by atoms with Crippen LogP contribution < -0.4 is 0 Å². The summed E-state index contributed by atoms with van der Waals surface area (Å²) >= 11 is 0. The Balaban J connectivity index is 2.18. The third kappa shape index (κ3) is 2.25. The number of carbonyl (C=O) groups excluding carboxylic acids is 1. The molecule has 0 atom stereocenters. The van der Waals surface area contributed by atoms with Gasteiger partial charge >= 0.3 is 5.97 Å². The smallest absolute Gasteiger partial charge is 0.348 e. The topological polar surface area (TPSA) is 70.3 Å². The van der Waals surface area contributed by atoms with Gasteiger partial charge in [0.2, 0.25) is 0 Å². The first-order valence-electron chi connectivity index (χ1n) is 6.63. The number of carbonyl (C=O) groups is 1. The molecular weight excluding hydrogens is 278 g/mol. The maximum atomic E-state index is 12.1. The van der Waals surface area contributed by atoms with Gasteiger partial charge in [-0.15, -0.1) is 0 Å². The molecule has 0 fully saturated rings. The van der Waals surface area contributed by atoms with E-state index in [-0.39, 0.29) is 22.7 Å². The van der Waals surface area contributed by atoms with Crippen LogP contribution in [0.2, 0.25) is 0 Å². The van der Waals surface area contributed by atoms with Crippen LogP contribution in [0.4, 0.5) is 0 Å². The Morgan fingerprint density at radius 1 is 1.00 bits per heavy atom. The van der Waals surface area contributed by atoms with Crippen LogP contribution in [0.25, 0.3) is 11.1 Å². The summed E-state index contributed by atoms with van der Waals surface area (Å²) in [5, 5.41) is 19.7. The zero-order valence-corrected chi connectivity index (χ0v) is 11.5. The summed E-state index contributed by atoms with van der Waals surface area (Å²) in [6.07, 6.45) is 0. The molecule has 0 aliphatic carbocycles. The monoisotopic (exact) mass is 289 g/mol. The van der Waals surface area contributed by atoms with E-state index >= 15 is 0 Å². The van der Waals surface area contributed by atoms with Gasteiger partial charge in [0.1, 0.15) is 17.2 Å². The Labute approximate surface area is 127 Å². The SMILES string of the molecule is N#C/C(=C1/OC(=O)C(c2ccccc2)=C1O)c1ccccc1. The summed E-state index contributed by atoms with van der Waals surface area (Å²) in [7, 11) is 0. The number of benzene rings is 2. The third-order valence-electron chi connectivity index (χ3n) is 3.31. The van der Waals surface area contributed by atoms with E-state index in [4.69, 9.17) is 4.74 Å². The maximum Gasteiger partial charge on any atom is 0.348 e. The van der Waals surface area contributed by atoms with Gasteiger partial charge in [-0.3, -0.25) is 0 Å². The Morgan fingerprint density at radius 3 is 2.18 bits per heavy atom. The molecule has 0 spiro atoms. The molecule has 0 saturated heterocycles. The largest absolute Gasteiger partial charge is 0.504 e. The average Bonchev–Trinajstić information content (AvgIpc) is 2.85.